The Bertz CT molecular complexity index is 559. The number of ether oxygens (including phenoxy) is 1. The Labute approximate surface area is 103 Å². The molecule has 0 saturated carbocycles. The normalized spacial score (nSPS) is 10.3. The second-order valence-corrected chi connectivity index (χ2v) is 3.54. The highest BCUT2D eigenvalue weighted by molar-refractivity contribution is 5.89. The van der Waals surface area contributed by atoms with Crippen LogP contribution in [0.15, 0.2) is 12.4 Å². The van der Waals surface area contributed by atoms with Crippen LogP contribution in [0.5, 0.6) is 5.88 Å². The van der Waals surface area contributed by atoms with Crippen LogP contribution < -0.4 is 15.8 Å². The number of carbonyl (C=O) groups is 1. The van der Waals surface area contributed by atoms with E-state index < -0.39 is 0 Å². The molecule has 0 fully saturated rings. The van der Waals surface area contributed by atoms with E-state index in [0.29, 0.717) is 11.7 Å². The summed E-state index contributed by atoms with van der Waals surface area (Å²) < 4.78 is 7.89. The average Bonchev–Trinajstić information content (AvgIpc) is 2.85. The second kappa shape index (κ2) is 4.73. The zero-order chi connectivity index (χ0) is 13.1. The molecule has 96 valence electrons. The van der Waals surface area contributed by atoms with Gasteiger partial charge in [0.25, 0.3) is 0 Å². The summed E-state index contributed by atoms with van der Waals surface area (Å²) in [5, 5.41) is 10.5. The smallest absolute Gasteiger partial charge is 0.247 e. The fourth-order valence-corrected chi connectivity index (χ4v) is 1.42. The van der Waals surface area contributed by atoms with Crippen molar-refractivity contribution in [3.63, 3.8) is 0 Å². The second-order valence-electron chi connectivity index (χ2n) is 3.54. The first-order valence-corrected chi connectivity index (χ1v) is 5.11. The molecule has 0 aromatic carbocycles. The number of anilines is 2. The first-order valence-electron chi connectivity index (χ1n) is 5.11. The van der Waals surface area contributed by atoms with Crippen LogP contribution in [0.3, 0.4) is 0 Å². The van der Waals surface area contributed by atoms with Gasteiger partial charge < -0.3 is 15.8 Å². The van der Waals surface area contributed by atoms with Crippen LogP contribution in [-0.4, -0.2) is 37.6 Å². The van der Waals surface area contributed by atoms with Crippen LogP contribution in [0.4, 0.5) is 11.8 Å². The van der Waals surface area contributed by atoms with Gasteiger partial charge in [0.15, 0.2) is 5.82 Å². The molecule has 2 rings (SSSR count). The Morgan fingerprint density at radius 1 is 1.56 bits per heavy atom. The lowest BCUT2D eigenvalue weighted by Gasteiger charge is -2.00. The van der Waals surface area contributed by atoms with Crippen LogP contribution in [0.25, 0.3) is 0 Å². The van der Waals surface area contributed by atoms with Gasteiger partial charge in [0.05, 0.1) is 7.11 Å². The number of aromatic nitrogens is 5. The highest BCUT2D eigenvalue weighted by Crippen LogP contribution is 2.14. The molecule has 0 saturated heterocycles. The number of methoxy groups -OCH3 is 1. The molecule has 18 heavy (non-hydrogen) atoms. The molecule has 0 aliphatic rings. The summed E-state index contributed by atoms with van der Waals surface area (Å²) in [4.78, 5) is 15.4. The summed E-state index contributed by atoms with van der Waals surface area (Å²) in [5.41, 5.74) is 5.34. The predicted octanol–water partition coefficient (Wildman–Crippen LogP) is -0.759. The number of nitrogens with zero attached hydrogens (tertiary/aromatic N) is 5. The third kappa shape index (κ3) is 2.56. The van der Waals surface area contributed by atoms with Crippen molar-refractivity contribution in [2.24, 2.45) is 7.05 Å². The van der Waals surface area contributed by atoms with Crippen molar-refractivity contribution in [3.8, 4) is 5.88 Å². The quantitative estimate of drug-likeness (QED) is 0.738. The zero-order valence-electron chi connectivity index (χ0n) is 9.99. The van der Waals surface area contributed by atoms with Crippen LogP contribution in [-0.2, 0) is 18.4 Å². The molecule has 2 aromatic heterocycles. The first-order chi connectivity index (χ1) is 8.58. The molecular weight excluding hydrogens is 238 g/mol. The lowest BCUT2D eigenvalue weighted by molar-refractivity contribution is -0.116. The number of rotatable bonds is 4. The molecular formula is C9H13N7O2. The molecule has 0 unspecified atom stereocenters. The number of amides is 1. The summed E-state index contributed by atoms with van der Waals surface area (Å²) in [6.45, 7) is 0.0170. The fraction of sp³-hybridized carbons (Fsp3) is 0.333. The molecule has 0 aliphatic carbocycles. The molecule has 2 aromatic rings. The predicted molar refractivity (Wildman–Crippen MR) is 62.8 cm³/mol. The van der Waals surface area contributed by atoms with E-state index in [4.69, 9.17) is 10.5 Å². The maximum atomic E-state index is 11.7. The molecule has 2 heterocycles. The van der Waals surface area contributed by atoms with Gasteiger partial charge in [-0.2, -0.15) is 5.10 Å². The lowest BCUT2D eigenvalue weighted by Crippen LogP contribution is -2.19. The Hall–Kier alpha value is -2.58. The van der Waals surface area contributed by atoms with E-state index in [2.05, 4.69) is 20.5 Å². The van der Waals surface area contributed by atoms with Gasteiger partial charge in [0, 0.05) is 13.1 Å². The molecule has 0 aliphatic heterocycles. The van der Waals surface area contributed by atoms with E-state index >= 15 is 0 Å². The first kappa shape index (κ1) is 11.9. The van der Waals surface area contributed by atoms with E-state index in [-0.39, 0.29) is 18.4 Å². The Kier molecular flexibility index (Phi) is 3.13. The van der Waals surface area contributed by atoms with Gasteiger partial charge in [-0.05, 0) is 0 Å². The van der Waals surface area contributed by atoms with Crippen LogP contribution in [0.1, 0.15) is 0 Å². The number of nitrogens with two attached hydrogens (primary N) is 1. The minimum atomic E-state index is -0.277. The summed E-state index contributed by atoms with van der Waals surface area (Å²) in [7, 11) is 3.24. The number of carbonyl (C=O) groups excluding carboxylic acids is 1. The van der Waals surface area contributed by atoms with Crippen molar-refractivity contribution in [2.45, 2.75) is 6.54 Å². The van der Waals surface area contributed by atoms with Gasteiger partial charge in [-0.15, -0.1) is 5.10 Å². The third-order valence-electron chi connectivity index (χ3n) is 2.17. The summed E-state index contributed by atoms with van der Waals surface area (Å²) in [6, 6.07) is 1.62. The molecule has 9 nitrogen and oxygen atoms in total. The minimum absolute atomic E-state index is 0.0170. The van der Waals surface area contributed by atoms with Crippen molar-refractivity contribution in [3.05, 3.63) is 12.4 Å². The Morgan fingerprint density at radius 3 is 2.89 bits per heavy atom. The third-order valence-corrected chi connectivity index (χ3v) is 2.17. The van der Waals surface area contributed by atoms with Gasteiger partial charge >= 0.3 is 0 Å². The van der Waals surface area contributed by atoms with Crippen molar-refractivity contribution in [1.29, 1.82) is 0 Å². The zero-order valence-corrected chi connectivity index (χ0v) is 9.99. The van der Waals surface area contributed by atoms with Gasteiger partial charge in [0.1, 0.15) is 12.9 Å². The number of hydrogen-bond acceptors (Lipinski definition) is 6. The topological polar surface area (TPSA) is 113 Å². The van der Waals surface area contributed by atoms with E-state index in [9.17, 15) is 4.79 Å². The molecule has 3 N–H and O–H groups in total. The lowest BCUT2D eigenvalue weighted by atomic mass is 10.5. The summed E-state index contributed by atoms with van der Waals surface area (Å²) in [6.07, 6.45) is 1.38. The SMILES string of the molecule is COc1cc(NC(=O)Cn2cnc(N)n2)nn1C. The summed E-state index contributed by atoms with van der Waals surface area (Å²) in [5.74, 6) is 0.811. The molecule has 9 heteroatoms. The van der Waals surface area contributed by atoms with Crippen LogP contribution >= 0.6 is 0 Å². The molecule has 1 amide bonds. The maximum absolute atomic E-state index is 11.7. The number of hydrogen-bond donors (Lipinski definition) is 2. The van der Waals surface area contributed by atoms with E-state index in [1.807, 2.05) is 0 Å². The van der Waals surface area contributed by atoms with Gasteiger partial charge in [-0.1, -0.05) is 0 Å². The number of nitrogen functional groups attached to an aromatic ring is 1. The van der Waals surface area contributed by atoms with E-state index in [0.717, 1.165) is 0 Å². The van der Waals surface area contributed by atoms with Gasteiger partial charge in [-0.3, -0.25) is 4.79 Å². The van der Waals surface area contributed by atoms with Gasteiger partial charge in [-0.25, -0.2) is 14.3 Å². The maximum Gasteiger partial charge on any atom is 0.247 e. The average molecular weight is 251 g/mol. The monoisotopic (exact) mass is 251 g/mol. The van der Waals surface area contributed by atoms with E-state index in [1.165, 1.54) is 22.8 Å². The Balaban J connectivity index is 1.98. The van der Waals surface area contributed by atoms with Gasteiger partial charge in [0.2, 0.25) is 17.7 Å². The molecule has 0 spiro atoms. The van der Waals surface area contributed by atoms with E-state index in [1.54, 1.807) is 13.1 Å². The highest BCUT2D eigenvalue weighted by atomic mass is 16.5. The minimum Gasteiger partial charge on any atom is -0.481 e. The standard InChI is InChI=1S/C9H13N7O2/c1-15-8(18-2)3-6(13-15)12-7(17)4-16-5-11-9(10)14-16/h3,5H,4H2,1-2H3,(H2,10,14)(H,12,13,17). The molecule has 0 bridgehead atoms. The molecule has 0 atom stereocenters. The number of aryl methyl sites for hydroxylation is 1. The van der Waals surface area contributed by atoms with Crippen molar-refractivity contribution in [1.82, 2.24) is 24.5 Å². The largest absolute Gasteiger partial charge is 0.481 e. The Morgan fingerprint density at radius 2 is 2.33 bits per heavy atom. The van der Waals surface area contributed by atoms with Crippen LogP contribution in [0, 0.1) is 0 Å². The van der Waals surface area contributed by atoms with Crippen molar-refractivity contribution in [2.75, 3.05) is 18.2 Å². The number of nitrogens with one attached hydrogen (secondary N) is 1. The summed E-state index contributed by atoms with van der Waals surface area (Å²) >= 11 is 0. The fourth-order valence-electron chi connectivity index (χ4n) is 1.42. The molecule has 0 radical (unpaired) electrons. The van der Waals surface area contributed by atoms with Crippen LogP contribution in [0.2, 0.25) is 0 Å². The highest BCUT2D eigenvalue weighted by Gasteiger charge is 2.09. The van der Waals surface area contributed by atoms with Crippen molar-refractivity contribution >= 4 is 17.7 Å². The van der Waals surface area contributed by atoms with Crippen molar-refractivity contribution < 1.29 is 9.53 Å².